The first-order valence-electron chi connectivity index (χ1n) is 7.15. The predicted molar refractivity (Wildman–Crippen MR) is 100 cm³/mol. The Balaban J connectivity index is 1.81. The Bertz CT molecular complexity index is 1010. The summed E-state index contributed by atoms with van der Waals surface area (Å²) in [7, 11) is -3.51. The van der Waals surface area contributed by atoms with Crippen LogP contribution in [0.25, 0.3) is 10.6 Å². The highest BCUT2D eigenvalue weighted by molar-refractivity contribution is 7.90. The summed E-state index contributed by atoms with van der Waals surface area (Å²) >= 11 is 7.43. The Morgan fingerprint density at radius 1 is 1.16 bits per heavy atom. The monoisotopic (exact) mass is 392 g/mol. The normalized spacial score (nSPS) is 11.3. The van der Waals surface area contributed by atoms with E-state index in [1.807, 2.05) is 17.5 Å². The second-order valence-electron chi connectivity index (χ2n) is 5.29. The predicted octanol–water partition coefficient (Wildman–Crippen LogP) is 4.12. The highest BCUT2D eigenvalue weighted by Gasteiger charge is 2.16. The molecule has 0 bridgehead atoms. The van der Waals surface area contributed by atoms with E-state index in [1.54, 1.807) is 18.3 Å². The topological polar surface area (TPSA) is 76.1 Å². The summed E-state index contributed by atoms with van der Waals surface area (Å²) in [6.45, 7) is 0. The molecule has 0 aliphatic rings. The number of rotatable bonds is 4. The van der Waals surface area contributed by atoms with Crippen LogP contribution in [-0.2, 0) is 9.84 Å². The summed E-state index contributed by atoms with van der Waals surface area (Å²) < 4.78 is 23.4. The summed E-state index contributed by atoms with van der Waals surface area (Å²) in [6, 6.07) is 11.4. The van der Waals surface area contributed by atoms with Gasteiger partial charge in [-0.15, -0.1) is 11.3 Å². The van der Waals surface area contributed by atoms with Crippen LogP contribution in [0.4, 0.5) is 5.69 Å². The van der Waals surface area contributed by atoms with Crippen molar-refractivity contribution in [2.75, 3.05) is 11.6 Å². The van der Waals surface area contributed by atoms with Gasteiger partial charge < -0.3 is 5.32 Å². The molecule has 1 aromatic heterocycles. The third kappa shape index (κ3) is 4.07. The second kappa shape index (κ2) is 6.95. The molecule has 0 aliphatic heterocycles. The third-order valence-electron chi connectivity index (χ3n) is 3.41. The molecular weight excluding hydrogens is 380 g/mol. The van der Waals surface area contributed by atoms with Gasteiger partial charge in [0, 0.05) is 34.6 Å². The lowest BCUT2D eigenvalue weighted by Crippen LogP contribution is -2.12. The molecule has 25 heavy (non-hydrogen) atoms. The van der Waals surface area contributed by atoms with Crippen molar-refractivity contribution in [1.82, 2.24) is 4.98 Å². The van der Waals surface area contributed by atoms with E-state index in [4.69, 9.17) is 11.6 Å². The standard InChI is InChI=1S/C17H13ClN2O3S2/c1-25(22,23)15-10-12(4-7-14(15)18)16(21)20-13-5-2-11(3-6-13)17-19-8-9-24-17/h2-10H,1H3,(H,20,21). The van der Waals surface area contributed by atoms with E-state index in [1.165, 1.54) is 29.5 Å². The summed E-state index contributed by atoms with van der Waals surface area (Å²) in [5.74, 6) is -0.413. The van der Waals surface area contributed by atoms with E-state index in [0.29, 0.717) is 5.69 Å². The Morgan fingerprint density at radius 3 is 2.48 bits per heavy atom. The van der Waals surface area contributed by atoms with Gasteiger partial charge in [-0.2, -0.15) is 0 Å². The van der Waals surface area contributed by atoms with Gasteiger partial charge in [-0.3, -0.25) is 4.79 Å². The number of benzene rings is 2. The zero-order valence-corrected chi connectivity index (χ0v) is 15.5. The van der Waals surface area contributed by atoms with Crippen molar-refractivity contribution in [3.05, 3.63) is 64.6 Å². The number of sulfone groups is 1. The number of aromatic nitrogens is 1. The summed E-state index contributed by atoms with van der Waals surface area (Å²) in [6.07, 6.45) is 2.78. The number of hydrogen-bond acceptors (Lipinski definition) is 5. The molecule has 8 heteroatoms. The first kappa shape index (κ1) is 17.6. The largest absolute Gasteiger partial charge is 0.322 e. The minimum Gasteiger partial charge on any atom is -0.322 e. The number of halogens is 1. The van der Waals surface area contributed by atoms with E-state index < -0.39 is 15.7 Å². The van der Waals surface area contributed by atoms with Crippen molar-refractivity contribution in [3.63, 3.8) is 0 Å². The Morgan fingerprint density at radius 2 is 1.88 bits per heavy atom. The van der Waals surface area contributed by atoms with Crippen LogP contribution in [0.2, 0.25) is 5.02 Å². The third-order valence-corrected chi connectivity index (χ3v) is 5.82. The maximum atomic E-state index is 12.4. The zero-order valence-electron chi connectivity index (χ0n) is 13.1. The van der Waals surface area contributed by atoms with E-state index in [2.05, 4.69) is 10.3 Å². The first-order valence-corrected chi connectivity index (χ1v) is 10.3. The smallest absolute Gasteiger partial charge is 0.255 e. The molecule has 3 aromatic rings. The van der Waals surface area contributed by atoms with Gasteiger partial charge in [0.25, 0.3) is 5.91 Å². The van der Waals surface area contributed by atoms with E-state index in [9.17, 15) is 13.2 Å². The van der Waals surface area contributed by atoms with Crippen molar-refractivity contribution in [1.29, 1.82) is 0 Å². The Labute approximate surface area is 154 Å². The molecule has 0 saturated carbocycles. The quantitative estimate of drug-likeness (QED) is 0.724. The van der Waals surface area contributed by atoms with Crippen LogP contribution in [0.3, 0.4) is 0 Å². The summed E-state index contributed by atoms with van der Waals surface area (Å²) in [5.41, 5.74) is 1.77. The molecule has 0 atom stereocenters. The average molecular weight is 393 g/mol. The van der Waals surface area contributed by atoms with Crippen LogP contribution < -0.4 is 5.32 Å². The van der Waals surface area contributed by atoms with Crippen LogP contribution in [-0.4, -0.2) is 25.6 Å². The lowest BCUT2D eigenvalue weighted by atomic mass is 10.2. The van der Waals surface area contributed by atoms with Gasteiger partial charge in [-0.1, -0.05) is 11.6 Å². The van der Waals surface area contributed by atoms with Crippen LogP contribution in [0, 0.1) is 0 Å². The maximum Gasteiger partial charge on any atom is 0.255 e. The van der Waals surface area contributed by atoms with Crippen molar-refractivity contribution in [3.8, 4) is 10.6 Å². The lowest BCUT2D eigenvalue weighted by Gasteiger charge is -2.08. The van der Waals surface area contributed by atoms with Gasteiger partial charge in [-0.05, 0) is 42.5 Å². The molecule has 2 aromatic carbocycles. The number of anilines is 1. The number of hydrogen-bond donors (Lipinski definition) is 1. The van der Waals surface area contributed by atoms with Crippen LogP contribution in [0.1, 0.15) is 10.4 Å². The summed E-state index contributed by atoms with van der Waals surface area (Å²) in [4.78, 5) is 16.5. The molecule has 5 nitrogen and oxygen atoms in total. The SMILES string of the molecule is CS(=O)(=O)c1cc(C(=O)Nc2ccc(-c3nccs3)cc2)ccc1Cl. The zero-order chi connectivity index (χ0) is 18.0. The average Bonchev–Trinajstić information content (AvgIpc) is 3.09. The van der Waals surface area contributed by atoms with Gasteiger partial charge >= 0.3 is 0 Å². The van der Waals surface area contributed by atoms with Gasteiger partial charge in [0.05, 0.1) is 9.92 Å². The van der Waals surface area contributed by atoms with E-state index in [0.717, 1.165) is 16.8 Å². The number of amides is 1. The first-order chi connectivity index (χ1) is 11.8. The van der Waals surface area contributed by atoms with Crippen molar-refractivity contribution in [2.45, 2.75) is 4.90 Å². The van der Waals surface area contributed by atoms with Gasteiger partial charge in [0.15, 0.2) is 9.84 Å². The van der Waals surface area contributed by atoms with Crippen LogP contribution in [0.5, 0.6) is 0 Å². The lowest BCUT2D eigenvalue weighted by molar-refractivity contribution is 0.102. The fourth-order valence-electron chi connectivity index (χ4n) is 2.19. The van der Waals surface area contributed by atoms with Gasteiger partial charge in [0.2, 0.25) is 0 Å². The molecule has 1 heterocycles. The molecule has 0 aliphatic carbocycles. The van der Waals surface area contributed by atoms with Gasteiger partial charge in [0.1, 0.15) is 5.01 Å². The number of thiazole rings is 1. The highest BCUT2D eigenvalue weighted by Crippen LogP contribution is 2.25. The molecule has 1 N–H and O–H groups in total. The van der Waals surface area contributed by atoms with Crippen molar-refractivity contribution >= 4 is 44.4 Å². The number of carbonyl (C=O) groups is 1. The molecular formula is C17H13ClN2O3S2. The molecule has 0 radical (unpaired) electrons. The molecule has 0 unspecified atom stereocenters. The molecule has 0 saturated heterocycles. The van der Waals surface area contributed by atoms with E-state index in [-0.39, 0.29) is 15.5 Å². The number of nitrogens with one attached hydrogen (secondary N) is 1. The van der Waals surface area contributed by atoms with E-state index >= 15 is 0 Å². The molecule has 128 valence electrons. The Hall–Kier alpha value is -2.22. The fraction of sp³-hybridized carbons (Fsp3) is 0.0588. The summed E-state index contributed by atoms with van der Waals surface area (Å²) in [5, 5.41) is 5.62. The molecule has 1 amide bonds. The van der Waals surface area contributed by atoms with Crippen molar-refractivity contribution < 1.29 is 13.2 Å². The fourth-order valence-corrected chi connectivity index (χ4v) is 4.14. The van der Waals surface area contributed by atoms with Crippen molar-refractivity contribution in [2.24, 2.45) is 0 Å². The molecule has 0 fully saturated rings. The maximum absolute atomic E-state index is 12.4. The number of nitrogens with zero attached hydrogens (tertiary/aromatic N) is 1. The highest BCUT2D eigenvalue weighted by atomic mass is 35.5. The Kier molecular flexibility index (Phi) is 4.89. The second-order valence-corrected chi connectivity index (χ2v) is 8.57. The van der Waals surface area contributed by atoms with Crippen LogP contribution >= 0.6 is 22.9 Å². The number of carbonyl (C=O) groups excluding carboxylic acids is 1. The van der Waals surface area contributed by atoms with Crippen LogP contribution in [0.15, 0.2) is 58.9 Å². The minimum absolute atomic E-state index is 0.0686. The molecule has 3 rings (SSSR count). The molecule has 0 spiro atoms. The minimum atomic E-state index is -3.51. The van der Waals surface area contributed by atoms with Gasteiger partial charge in [-0.25, -0.2) is 13.4 Å².